The van der Waals surface area contributed by atoms with Gasteiger partial charge in [-0.05, 0) is 37.3 Å². The van der Waals surface area contributed by atoms with Crippen molar-refractivity contribution in [1.82, 2.24) is 0 Å². The van der Waals surface area contributed by atoms with E-state index in [2.05, 4.69) is 0 Å². The fraction of sp³-hybridized carbons (Fsp3) is 0.533. The summed E-state index contributed by atoms with van der Waals surface area (Å²) in [5.74, 6) is -1.21. The predicted molar refractivity (Wildman–Crippen MR) is 79.1 cm³/mol. The number of carboxylic acids is 1. The minimum absolute atomic E-state index is 0.00106. The number of rotatable bonds is 7. The Bertz CT molecular complexity index is 482. The van der Waals surface area contributed by atoms with E-state index in [0.29, 0.717) is 19.4 Å². The molecule has 5 nitrogen and oxygen atoms in total. The van der Waals surface area contributed by atoms with Gasteiger partial charge in [-0.1, -0.05) is 6.07 Å². The third-order valence-electron chi connectivity index (χ3n) is 3.49. The molecule has 116 valence electrons. The molecule has 0 bridgehead atoms. The summed E-state index contributed by atoms with van der Waals surface area (Å²) < 4.78 is 11.1. The molecular formula is C15H20O5S. The zero-order valence-corrected chi connectivity index (χ0v) is 12.7. The second kappa shape index (κ2) is 7.59. The van der Waals surface area contributed by atoms with E-state index in [0.717, 1.165) is 4.88 Å². The first-order chi connectivity index (χ1) is 10.2. The van der Waals surface area contributed by atoms with E-state index in [4.69, 9.17) is 14.6 Å². The SMILES string of the molecule is CCO[C@H]1OC(C(=O)O)=C[C@@H](c2cccs2)[C@@H]1CCCO. The van der Waals surface area contributed by atoms with Crippen LogP contribution in [0.5, 0.6) is 0 Å². The molecule has 1 aromatic rings. The number of thiophene rings is 1. The maximum atomic E-state index is 11.3. The maximum absolute atomic E-state index is 11.3. The summed E-state index contributed by atoms with van der Waals surface area (Å²) in [6.07, 6.45) is 2.42. The van der Waals surface area contributed by atoms with Gasteiger partial charge in [0.05, 0.1) is 0 Å². The normalized spacial score (nSPS) is 25.2. The zero-order chi connectivity index (χ0) is 15.2. The average molecular weight is 312 g/mol. The Morgan fingerprint density at radius 2 is 2.33 bits per heavy atom. The van der Waals surface area contributed by atoms with Gasteiger partial charge in [0, 0.05) is 29.9 Å². The van der Waals surface area contributed by atoms with Gasteiger partial charge in [-0.2, -0.15) is 0 Å². The number of hydrogen-bond donors (Lipinski definition) is 2. The Balaban J connectivity index is 2.32. The summed E-state index contributed by atoms with van der Waals surface area (Å²) in [7, 11) is 0. The average Bonchev–Trinajstić information content (AvgIpc) is 2.99. The smallest absolute Gasteiger partial charge is 0.370 e. The molecule has 1 aromatic heterocycles. The number of aliphatic hydroxyl groups excluding tert-OH is 1. The second-order valence-corrected chi connectivity index (χ2v) is 5.83. The predicted octanol–water partition coefficient (Wildman–Crippen LogP) is 2.58. The van der Waals surface area contributed by atoms with Gasteiger partial charge in [0.1, 0.15) is 0 Å². The lowest BCUT2D eigenvalue weighted by Gasteiger charge is -2.35. The van der Waals surface area contributed by atoms with E-state index in [1.165, 1.54) is 0 Å². The largest absolute Gasteiger partial charge is 0.475 e. The van der Waals surface area contributed by atoms with Crippen molar-refractivity contribution in [3.8, 4) is 0 Å². The van der Waals surface area contributed by atoms with E-state index in [1.54, 1.807) is 17.4 Å². The van der Waals surface area contributed by atoms with Gasteiger partial charge in [-0.25, -0.2) is 4.79 Å². The van der Waals surface area contributed by atoms with Gasteiger partial charge in [0.25, 0.3) is 0 Å². The van der Waals surface area contributed by atoms with Crippen LogP contribution in [0.2, 0.25) is 0 Å². The maximum Gasteiger partial charge on any atom is 0.370 e. The summed E-state index contributed by atoms with van der Waals surface area (Å²) in [5.41, 5.74) is 0. The first-order valence-electron chi connectivity index (χ1n) is 7.05. The highest BCUT2D eigenvalue weighted by molar-refractivity contribution is 7.10. The molecule has 0 saturated carbocycles. The third-order valence-corrected chi connectivity index (χ3v) is 4.47. The summed E-state index contributed by atoms with van der Waals surface area (Å²) in [6.45, 7) is 2.40. The van der Waals surface area contributed by atoms with Crippen LogP contribution >= 0.6 is 11.3 Å². The number of allylic oxidation sites excluding steroid dienone is 1. The number of carbonyl (C=O) groups is 1. The fourth-order valence-corrected chi connectivity index (χ4v) is 3.44. The summed E-state index contributed by atoms with van der Waals surface area (Å²) in [5, 5.41) is 20.3. The summed E-state index contributed by atoms with van der Waals surface area (Å²) >= 11 is 1.59. The van der Waals surface area contributed by atoms with E-state index >= 15 is 0 Å². The summed E-state index contributed by atoms with van der Waals surface area (Å²) in [6, 6.07) is 3.94. The highest BCUT2D eigenvalue weighted by Gasteiger charge is 2.38. The van der Waals surface area contributed by atoms with E-state index < -0.39 is 12.3 Å². The minimum Gasteiger partial charge on any atom is -0.475 e. The molecule has 2 heterocycles. The van der Waals surface area contributed by atoms with Gasteiger partial charge in [0.2, 0.25) is 12.0 Å². The van der Waals surface area contributed by atoms with Crippen molar-refractivity contribution in [3.05, 3.63) is 34.2 Å². The molecule has 0 spiro atoms. The van der Waals surface area contributed by atoms with Crippen LogP contribution in [0.1, 0.15) is 30.6 Å². The molecule has 1 aliphatic rings. The highest BCUT2D eigenvalue weighted by Crippen LogP contribution is 2.40. The molecule has 0 aliphatic carbocycles. The van der Waals surface area contributed by atoms with Crippen LogP contribution in [0.15, 0.2) is 29.3 Å². The van der Waals surface area contributed by atoms with Gasteiger partial charge in [0.15, 0.2) is 0 Å². The van der Waals surface area contributed by atoms with Crippen molar-refractivity contribution in [1.29, 1.82) is 0 Å². The quantitative estimate of drug-likeness (QED) is 0.809. The first kappa shape index (κ1) is 16.0. The molecule has 0 saturated heterocycles. The Morgan fingerprint density at radius 1 is 1.52 bits per heavy atom. The van der Waals surface area contributed by atoms with E-state index in [9.17, 15) is 9.90 Å². The lowest BCUT2D eigenvalue weighted by Crippen LogP contribution is -2.36. The van der Waals surface area contributed by atoms with Crippen molar-refractivity contribution in [2.75, 3.05) is 13.2 Å². The number of aliphatic hydroxyl groups is 1. The van der Waals surface area contributed by atoms with Crippen molar-refractivity contribution in [2.24, 2.45) is 5.92 Å². The standard InChI is InChI=1S/C15H20O5S/c1-2-19-15-10(5-3-7-16)11(13-6-4-8-21-13)9-12(20-15)14(17)18/h4,6,8-11,15-16H,2-3,5,7H2,1H3,(H,17,18)/t10-,11+,15-/m0/s1. The molecule has 0 radical (unpaired) electrons. The lowest BCUT2D eigenvalue weighted by molar-refractivity contribution is -0.173. The molecule has 0 fully saturated rings. The van der Waals surface area contributed by atoms with Crippen LogP contribution < -0.4 is 0 Å². The van der Waals surface area contributed by atoms with Crippen LogP contribution in [-0.4, -0.2) is 35.7 Å². The fourth-order valence-electron chi connectivity index (χ4n) is 2.57. The van der Waals surface area contributed by atoms with Crippen LogP contribution in [-0.2, 0) is 14.3 Å². The van der Waals surface area contributed by atoms with E-state index in [-0.39, 0.29) is 24.2 Å². The molecule has 2 N–H and O–H groups in total. The molecule has 2 rings (SSSR count). The zero-order valence-electron chi connectivity index (χ0n) is 11.9. The second-order valence-electron chi connectivity index (χ2n) is 4.85. The monoisotopic (exact) mass is 312 g/mol. The lowest BCUT2D eigenvalue weighted by atomic mass is 9.84. The topological polar surface area (TPSA) is 76.0 Å². The third kappa shape index (κ3) is 3.84. The van der Waals surface area contributed by atoms with Crippen LogP contribution in [0.25, 0.3) is 0 Å². The first-order valence-corrected chi connectivity index (χ1v) is 7.93. The molecule has 3 atom stereocenters. The minimum atomic E-state index is -1.08. The molecule has 21 heavy (non-hydrogen) atoms. The number of carboxylic acid groups (broad SMARTS) is 1. The Hall–Kier alpha value is -1.37. The van der Waals surface area contributed by atoms with Crippen LogP contribution in [0, 0.1) is 5.92 Å². The number of ether oxygens (including phenoxy) is 2. The molecule has 1 aliphatic heterocycles. The van der Waals surface area contributed by atoms with Crippen molar-refractivity contribution >= 4 is 17.3 Å². The van der Waals surface area contributed by atoms with Crippen LogP contribution in [0.3, 0.4) is 0 Å². The van der Waals surface area contributed by atoms with Gasteiger partial charge in [-0.15, -0.1) is 11.3 Å². The summed E-state index contributed by atoms with van der Waals surface area (Å²) in [4.78, 5) is 12.3. The highest BCUT2D eigenvalue weighted by atomic mass is 32.1. The van der Waals surface area contributed by atoms with Crippen molar-refractivity contribution in [3.63, 3.8) is 0 Å². The molecular weight excluding hydrogens is 292 g/mol. The number of aliphatic carboxylic acids is 1. The van der Waals surface area contributed by atoms with Crippen LogP contribution in [0.4, 0.5) is 0 Å². The van der Waals surface area contributed by atoms with E-state index in [1.807, 2.05) is 24.4 Å². The number of hydrogen-bond acceptors (Lipinski definition) is 5. The molecule has 6 heteroatoms. The van der Waals surface area contributed by atoms with Crippen molar-refractivity contribution in [2.45, 2.75) is 32.0 Å². The Morgan fingerprint density at radius 3 is 2.90 bits per heavy atom. The molecule has 0 amide bonds. The van der Waals surface area contributed by atoms with Gasteiger partial charge in [-0.3, -0.25) is 0 Å². The Kier molecular flexibility index (Phi) is 5.78. The van der Waals surface area contributed by atoms with Gasteiger partial charge >= 0.3 is 5.97 Å². The molecule has 0 unspecified atom stereocenters. The molecule has 0 aromatic carbocycles. The van der Waals surface area contributed by atoms with Gasteiger partial charge < -0.3 is 19.7 Å². The Labute approximate surface area is 127 Å². The van der Waals surface area contributed by atoms with Crippen molar-refractivity contribution < 1.29 is 24.5 Å².